The van der Waals surface area contributed by atoms with Gasteiger partial charge in [-0.2, -0.15) is 0 Å². The molecule has 1 aromatic carbocycles. The van der Waals surface area contributed by atoms with E-state index in [-0.39, 0.29) is 0 Å². The summed E-state index contributed by atoms with van der Waals surface area (Å²) in [5.41, 5.74) is 0.772. The largest absolute Gasteiger partial charge is 0.485 e. The Morgan fingerprint density at radius 3 is 2.35 bits per heavy atom. The molecular formula is C13H12Br3N3O. The van der Waals surface area contributed by atoms with Gasteiger partial charge in [-0.15, -0.1) is 0 Å². The van der Waals surface area contributed by atoms with E-state index < -0.39 is 0 Å². The highest BCUT2D eigenvalue weighted by Gasteiger charge is 2.09. The van der Waals surface area contributed by atoms with Crippen molar-refractivity contribution in [2.45, 2.75) is 13.5 Å². The summed E-state index contributed by atoms with van der Waals surface area (Å²) in [6.07, 6.45) is 3.41. The van der Waals surface area contributed by atoms with E-state index in [1.807, 2.05) is 19.1 Å². The maximum Gasteiger partial charge on any atom is 0.148 e. The van der Waals surface area contributed by atoms with Crippen LogP contribution in [0, 0.1) is 0 Å². The Kier molecular flexibility index (Phi) is 5.80. The van der Waals surface area contributed by atoms with Crippen molar-refractivity contribution in [3.63, 3.8) is 0 Å². The molecule has 0 radical (unpaired) electrons. The summed E-state index contributed by atoms with van der Waals surface area (Å²) in [5, 5.41) is 3.10. The molecule has 2 aromatic rings. The number of nitrogens with zero attached hydrogens (tertiary/aromatic N) is 2. The van der Waals surface area contributed by atoms with Gasteiger partial charge in [-0.1, -0.05) is 15.9 Å². The molecule has 1 heterocycles. The van der Waals surface area contributed by atoms with Crippen LogP contribution in [-0.2, 0) is 6.61 Å². The summed E-state index contributed by atoms with van der Waals surface area (Å²) < 4.78 is 8.48. The summed E-state index contributed by atoms with van der Waals surface area (Å²) in [5.74, 6) is 1.51. The van der Waals surface area contributed by atoms with Crippen LogP contribution in [0.3, 0.4) is 0 Å². The summed E-state index contributed by atoms with van der Waals surface area (Å²) in [4.78, 5) is 8.55. The third kappa shape index (κ3) is 4.17. The number of hydrogen-bond donors (Lipinski definition) is 1. The van der Waals surface area contributed by atoms with Crippen LogP contribution in [-0.4, -0.2) is 16.5 Å². The molecule has 1 aromatic heterocycles. The second-order valence-corrected chi connectivity index (χ2v) is 6.53. The van der Waals surface area contributed by atoms with E-state index in [0.29, 0.717) is 6.61 Å². The number of hydrogen-bond acceptors (Lipinski definition) is 4. The number of nitrogens with one attached hydrogen (secondary N) is 1. The number of rotatable bonds is 5. The second-order valence-electron chi connectivity index (χ2n) is 3.91. The highest BCUT2D eigenvalue weighted by atomic mass is 79.9. The molecule has 0 aliphatic carbocycles. The fraction of sp³-hybridized carbons (Fsp3) is 0.231. The predicted octanol–water partition coefficient (Wildman–Crippen LogP) is 4.77. The van der Waals surface area contributed by atoms with E-state index in [4.69, 9.17) is 4.74 Å². The van der Waals surface area contributed by atoms with E-state index in [1.54, 1.807) is 12.4 Å². The first kappa shape index (κ1) is 15.7. The number of ether oxygens (including phenoxy) is 1. The van der Waals surface area contributed by atoms with Crippen molar-refractivity contribution in [2.24, 2.45) is 0 Å². The van der Waals surface area contributed by atoms with Gasteiger partial charge < -0.3 is 10.1 Å². The van der Waals surface area contributed by atoms with Crippen LogP contribution in [0.1, 0.15) is 12.6 Å². The van der Waals surface area contributed by atoms with Crippen molar-refractivity contribution in [3.05, 3.63) is 43.6 Å². The van der Waals surface area contributed by atoms with Crippen LogP contribution in [0.5, 0.6) is 5.75 Å². The van der Waals surface area contributed by atoms with Gasteiger partial charge in [0.15, 0.2) is 0 Å². The lowest BCUT2D eigenvalue weighted by Gasteiger charge is -2.10. The number of halogens is 3. The van der Waals surface area contributed by atoms with E-state index >= 15 is 0 Å². The zero-order valence-corrected chi connectivity index (χ0v) is 15.4. The first-order valence-electron chi connectivity index (χ1n) is 5.92. The molecule has 20 heavy (non-hydrogen) atoms. The van der Waals surface area contributed by atoms with Gasteiger partial charge in [0.1, 0.15) is 18.2 Å². The molecule has 0 aliphatic heterocycles. The molecule has 0 fully saturated rings. The van der Waals surface area contributed by atoms with E-state index in [9.17, 15) is 0 Å². The van der Waals surface area contributed by atoms with Gasteiger partial charge in [-0.25, -0.2) is 4.98 Å². The third-order valence-electron chi connectivity index (χ3n) is 2.39. The fourth-order valence-electron chi connectivity index (χ4n) is 1.51. The minimum Gasteiger partial charge on any atom is -0.485 e. The van der Waals surface area contributed by atoms with E-state index in [1.165, 1.54) is 0 Å². The zero-order chi connectivity index (χ0) is 14.5. The monoisotopic (exact) mass is 463 g/mol. The average molecular weight is 466 g/mol. The third-order valence-corrected chi connectivity index (χ3v) is 4.03. The van der Waals surface area contributed by atoms with Crippen LogP contribution in [0.25, 0.3) is 0 Å². The van der Waals surface area contributed by atoms with E-state index in [2.05, 4.69) is 63.1 Å². The fourth-order valence-corrected chi connectivity index (χ4v) is 4.00. The normalized spacial score (nSPS) is 10.4. The molecule has 1 N–H and O–H groups in total. The van der Waals surface area contributed by atoms with Crippen LogP contribution in [0.4, 0.5) is 5.82 Å². The molecule has 0 spiro atoms. The van der Waals surface area contributed by atoms with Gasteiger partial charge in [0.25, 0.3) is 0 Å². The maximum atomic E-state index is 5.77. The first-order valence-corrected chi connectivity index (χ1v) is 8.30. The summed E-state index contributed by atoms with van der Waals surface area (Å²) in [6, 6.07) is 3.86. The number of aromatic nitrogens is 2. The summed E-state index contributed by atoms with van der Waals surface area (Å²) in [6.45, 7) is 3.20. The van der Waals surface area contributed by atoms with Gasteiger partial charge >= 0.3 is 0 Å². The topological polar surface area (TPSA) is 47.0 Å². The Morgan fingerprint density at radius 2 is 1.80 bits per heavy atom. The lowest BCUT2D eigenvalue weighted by Crippen LogP contribution is -2.03. The van der Waals surface area contributed by atoms with Crippen molar-refractivity contribution in [1.29, 1.82) is 0 Å². The van der Waals surface area contributed by atoms with Crippen LogP contribution >= 0.6 is 47.8 Å². The molecular weight excluding hydrogens is 454 g/mol. The molecule has 106 valence electrons. The van der Waals surface area contributed by atoms with Crippen LogP contribution in [0.2, 0.25) is 0 Å². The van der Waals surface area contributed by atoms with Gasteiger partial charge in [-0.05, 0) is 50.9 Å². The van der Waals surface area contributed by atoms with Crippen molar-refractivity contribution in [3.8, 4) is 5.75 Å². The van der Waals surface area contributed by atoms with Crippen molar-refractivity contribution < 1.29 is 4.74 Å². The van der Waals surface area contributed by atoms with Crippen LogP contribution in [0.15, 0.2) is 37.9 Å². The quantitative estimate of drug-likeness (QED) is 0.690. The molecule has 0 unspecified atom stereocenters. The predicted molar refractivity (Wildman–Crippen MR) is 90.1 cm³/mol. The average Bonchev–Trinajstić information content (AvgIpc) is 2.39. The van der Waals surface area contributed by atoms with Crippen LogP contribution < -0.4 is 10.1 Å². The molecule has 0 atom stereocenters. The molecule has 4 nitrogen and oxygen atoms in total. The van der Waals surface area contributed by atoms with Crippen molar-refractivity contribution in [1.82, 2.24) is 9.97 Å². The molecule has 7 heteroatoms. The highest BCUT2D eigenvalue weighted by molar-refractivity contribution is 9.11. The number of anilines is 1. The lowest BCUT2D eigenvalue weighted by molar-refractivity contribution is 0.297. The van der Waals surface area contributed by atoms with Gasteiger partial charge in [-0.3, -0.25) is 4.98 Å². The van der Waals surface area contributed by atoms with E-state index in [0.717, 1.165) is 37.2 Å². The Balaban J connectivity index is 2.05. The highest BCUT2D eigenvalue weighted by Crippen LogP contribution is 2.36. The maximum absolute atomic E-state index is 5.77. The Labute approximate surface area is 142 Å². The minimum absolute atomic E-state index is 0.359. The second kappa shape index (κ2) is 7.38. The first-order chi connectivity index (χ1) is 9.60. The molecule has 0 saturated carbocycles. The lowest BCUT2D eigenvalue weighted by atomic mass is 10.3. The molecule has 0 saturated heterocycles. The number of benzene rings is 1. The van der Waals surface area contributed by atoms with Gasteiger partial charge in [0.2, 0.25) is 0 Å². The van der Waals surface area contributed by atoms with Crippen molar-refractivity contribution in [2.75, 3.05) is 11.9 Å². The molecule has 0 aliphatic rings. The Hall–Kier alpha value is -0.660. The van der Waals surface area contributed by atoms with Crippen molar-refractivity contribution >= 4 is 53.6 Å². The summed E-state index contributed by atoms with van der Waals surface area (Å²) in [7, 11) is 0. The smallest absolute Gasteiger partial charge is 0.148 e. The molecule has 0 bridgehead atoms. The Bertz CT molecular complexity index is 567. The standard InChI is InChI=1S/C13H12Br3N3O/c1-2-17-12-6-18-9(5-19-12)7-20-13-10(15)3-8(14)4-11(13)16/h3-6H,2,7H2,1H3,(H,17,19). The zero-order valence-electron chi connectivity index (χ0n) is 10.7. The van der Waals surface area contributed by atoms with Gasteiger partial charge in [0.05, 0.1) is 27.0 Å². The molecule has 2 rings (SSSR count). The Morgan fingerprint density at radius 1 is 1.10 bits per heavy atom. The SMILES string of the molecule is CCNc1cnc(COc2c(Br)cc(Br)cc2Br)cn1. The summed E-state index contributed by atoms with van der Waals surface area (Å²) >= 11 is 10.4. The minimum atomic E-state index is 0.359. The van der Waals surface area contributed by atoms with Gasteiger partial charge in [0, 0.05) is 11.0 Å². The molecule has 0 amide bonds.